The Morgan fingerprint density at radius 2 is 1.75 bits per heavy atom. The molecule has 1 aliphatic carbocycles. The van der Waals surface area contributed by atoms with Gasteiger partial charge in [-0.25, -0.2) is 0 Å². The van der Waals surface area contributed by atoms with E-state index in [1.807, 2.05) is 44.2 Å². The van der Waals surface area contributed by atoms with Gasteiger partial charge >= 0.3 is 0 Å². The summed E-state index contributed by atoms with van der Waals surface area (Å²) in [6, 6.07) is 10.2. The van der Waals surface area contributed by atoms with Crippen molar-refractivity contribution in [3.05, 3.63) is 35.9 Å². The molecule has 132 valence electrons. The Kier molecular flexibility index (Phi) is 6.03. The molecule has 1 aromatic carbocycles. The van der Waals surface area contributed by atoms with Crippen LogP contribution in [0.1, 0.15) is 58.9 Å². The minimum Gasteiger partial charge on any atom is -0.352 e. The highest BCUT2D eigenvalue weighted by Gasteiger charge is 2.40. The average molecular weight is 330 g/mol. The molecular weight excluding hydrogens is 300 g/mol. The lowest BCUT2D eigenvalue weighted by molar-refractivity contribution is -0.150. The Labute approximate surface area is 145 Å². The van der Waals surface area contributed by atoms with Gasteiger partial charge in [-0.1, -0.05) is 43.2 Å². The summed E-state index contributed by atoms with van der Waals surface area (Å²) >= 11 is 0. The molecule has 1 N–H and O–H groups in total. The van der Waals surface area contributed by atoms with Gasteiger partial charge in [0.1, 0.15) is 5.41 Å². The fourth-order valence-electron chi connectivity index (χ4n) is 3.16. The Morgan fingerprint density at radius 1 is 1.17 bits per heavy atom. The lowest BCUT2D eigenvalue weighted by atomic mass is 9.89. The Balaban J connectivity index is 2.10. The topological polar surface area (TPSA) is 49.4 Å². The van der Waals surface area contributed by atoms with Crippen molar-refractivity contribution < 1.29 is 9.59 Å². The Hall–Kier alpha value is -1.84. The van der Waals surface area contributed by atoms with E-state index in [-0.39, 0.29) is 23.9 Å². The second-order valence-electron chi connectivity index (χ2n) is 7.59. The molecule has 0 aliphatic heterocycles. The highest BCUT2D eigenvalue weighted by molar-refractivity contribution is 6.04. The number of rotatable bonds is 6. The molecule has 1 fully saturated rings. The zero-order valence-electron chi connectivity index (χ0n) is 15.3. The van der Waals surface area contributed by atoms with Gasteiger partial charge in [0.15, 0.2) is 0 Å². The van der Waals surface area contributed by atoms with E-state index in [0.717, 1.165) is 31.2 Å². The van der Waals surface area contributed by atoms with Crippen LogP contribution in [0.15, 0.2) is 30.3 Å². The quantitative estimate of drug-likeness (QED) is 0.812. The molecule has 0 heterocycles. The minimum atomic E-state index is -1.05. The van der Waals surface area contributed by atoms with Crippen LogP contribution < -0.4 is 5.32 Å². The van der Waals surface area contributed by atoms with Crippen molar-refractivity contribution in [2.75, 3.05) is 0 Å². The van der Waals surface area contributed by atoms with Crippen molar-refractivity contribution in [1.29, 1.82) is 0 Å². The molecule has 1 saturated carbocycles. The van der Waals surface area contributed by atoms with E-state index < -0.39 is 5.41 Å². The fourth-order valence-corrected chi connectivity index (χ4v) is 3.16. The second kappa shape index (κ2) is 7.82. The molecule has 0 atom stereocenters. The van der Waals surface area contributed by atoms with Gasteiger partial charge in [-0.3, -0.25) is 9.59 Å². The summed E-state index contributed by atoms with van der Waals surface area (Å²) in [5, 5.41) is 3.07. The van der Waals surface area contributed by atoms with Gasteiger partial charge in [0.05, 0.1) is 0 Å². The Morgan fingerprint density at radius 3 is 2.29 bits per heavy atom. The van der Waals surface area contributed by atoms with E-state index >= 15 is 0 Å². The standard InChI is InChI=1S/C20H30N2O2/c1-15(2)22(14-16-10-6-5-7-11-16)19(24)20(3,4)18(23)21-17-12-8-9-13-17/h5-7,10-11,15,17H,8-9,12-14H2,1-4H3,(H,21,23). The fraction of sp³-hybridized carbons (Fsp3) is 0.600. The average Bonchev–Trinajstić information content (AvgIpc) is 3.05. The van der Waals surface area contributed by atoms with Gasteiger partial charge in [-0.05, 0) is 46.1 Å². The van der Waals surface area contributed by atoms with Gasteiger partial charge in [0, 0.05) is 18.6 Å². The van der Waals surface area contributed by atoms with Crippen molar-refractivity contribution in [3.63, 3.8) is 0 Å². The van der Waals surface area contributed by atoms with Crippen LogP contribution in [0.3, 0.4) is 0 Å². The molecule has 2 rings (SSSR count). The summed E-state index contributed by atoms with van der Waals surface area (Å²) in [5.41, 5.74) is 0.0216. The number of nitrogens with one attached hydrogen (secondary N) is 1. The number of hydrogen-bond acceptors (Lipinski definition) is 2. The van der Waals surface area contributed by atoms with E-state index in [9.17, 15) is 9.59 Å². The van der Waals surface area contributed by atoms with Crippen LogP contribution in [-0.2, 0) is 16.1 Å². The lowest BCUT2D eigenvalue weighted by Gasteiger charge is -2.34. The molecule has 4 heteroatoms. The maximum Gasteiger partial charge on any atom is 0.238 e. The maximum absolute atomic E-state index is 13.1. The lowest BCUT2D eigenvalue weighted by Crippen LogP contribution is -2.52. The summed E-state index contributed by atoms with van der Waals surface area (Å²) in [5.74, 6) is -0.269. The van der Waals surface area contributed by atoms with Gasteiger partial charge in [-0.2, -0.15) is 0 Å². The molecule has 0 bridgehead atoms. The summed E-state index contributed by atoms with van der Waals surface area (Å²) in [7, 11) is 0. The molecule has 0 unspecified atom stereocenters. The third-order valence-corrected chi connectivity index (χ3v) is 4.87. The third-order valence-electron chi connectivity index (χ3n) is 4.87. The van der Waals surface area contributed by atoms with Gasteiger partial charge < -0.3 is 10.2 Å². The van der Waals surface area contributed by atoms with E-state index in [1.54, 1.807) is 18.7 Å². The first-order chi connectivity index (χ1) is 11.3. The predicted octanol–water partition coefficient (Wildman–Crippen LogP) is 3.51. The molecular formula is C20H30N2O2. The first-order valence-corrected chi connectivity index (χ1v) is 8.98. The van der Waals surface area contributed by atoms with Gasteiger partial charge in [0.25, 0.3) is 0 Å². The molecule has 0 radical (unpaired) electrons. The van der Waals surface area contributed by atoms with Crippen molar-refractivity contribution in [2.24, 2.45) is 5.41 Å². The van der Waals surface area contributed by atoms with Gasteiger partial charge in [0.2, 0.25) is 11.8 Å². The molecule has 0 spiro atoms. The number of nitrogens with zero attached hydrogens (tertiary/aromatic N) is 1. The molecule has 24 heavy (non-hydrogen) atoms. The smallest absolute Gasteiger partial charge is 0.238 e. The maximum atomic E-state index is 13.1. The first kappa shape index (κ1) is 18.5. The predicted molar refractivity (Wildman–Crippen MR) is 96.3 cm³/mol. The van der Waals surface area contributed by atoms with Crippen LogP contribution in [-0.4, -0.2) is 28.8 Å². The number of hydrogen-bond donors (Lipinski definition) is 1. The summed E-state index contributed by atoms with van der Waals surface area (Å²) in [6.07, 6.45) is 4.36. The zero-order chi connectivity index (χ0) is 17.7. The number of carbonyl (C=O) groups is 2. The summed E-state index contributed by atoms with van der Waals surface area (Å²) < 4.78 is 0. The van der Waals surface area contributed by atoms with Crippen LogP contribution in [0.5, 0.6) is 0 Å². The van der Waals surface area contributed by atoms with E-state index in [2.05, 4.69) is 5.32 Å². The Bertz CT molecular complexity index is 560. The van der Waals surface area contributed by atoms with Crippen LogP contribution in [0.25, 0.3) is 0 Å². The minimum absolute atomic E-state index is 0.0382. The van der Waals surface area contributed by atoms with E-state index in [1.165, 1.54) is 0 Å². The number of benzene rings is 1. The summed E-state index contributed by atoms with van der Waals surface area (Å²) in [6.45, 7) is 7.98. The highest BCUT2D eigenvalue weighted by atomic mass is 16.2. The molecule has 4 nitrogen and oxygen atoms in total. The summed E-state index contributed by atoms with van der Waals surface area (Å²) in [4.78, 5) is 27.6. The van der Waals surface area contributed by atoms with Crippen molar-refractivity contribution >= 4 is 11.8 Å². The van der Waals surface area contributed by atoms with Crippen LogP contribution in [0.2, 0.25) is 0 Å². The molecule has 1 aliphatic rings. The molecule has 0 aromatic heterocycles. The van der Waals surface area contributed by atoms with Crippen LogP contribution in [0.4, 0.5) is 0 Å². The zero-order valence-corrected chi connectivity index (χ0v) is 15.3. The number of carbonyl (C=O) groups excluding carboxylic acids is 2. The highest BCUT2D eigenvalue weighted by Crippen LogP contribution is 2.25. The third kappa shape index (κ3) is 4.37. The molecule has 2 amide bonds. The first-order valence-electron chi connectivity index (χ1n) is 8.98. The second-order valence-corrected chi connectivity index (χ2v) is 7.59. The van der Waals surface area contributed by atoms with Gasteiger partial charge in [-0.15, -0.1) is 0 Å². The SMILES string of the molecule is CC(C)N(Cc1ccccc1)C(=O)C(C)(C)C(=O)NC1CCCC1. The number of amides is 2. The van der Waals surface area contributed by atoms with Crippen molar-refractivity contribution in [2.45, 2.75) is 72.0 Å². The largest absolute Gasteiger partial charge is 0.352 e. The van der Waals surface area contributed by atoms with Crippen molar-refractivity contribution in [3.8, 4) is 0 Å². The van der Waals surface area contributed by atoms with Crippen LogP contribution in [0, 0.1) is 5.41 Å². The van der Waals surface area contributed by atoms with E-state index in [0.29, 0.717) is 6.54 Å². The van der Waals surface area contributed by atoms with Crippen LogP contribution >= 0.6 is 0 Å². The normalized spacial score (nSPS) is 15.5. The monoisotopic (exact) mass is 330 g/mol. The molecule has 1 aromatic rings. The van der Waals surface area contributed by atoms with E-state index in [4.69, 9.17) is 0 Å². The van der Waals surface area contributed by atoms with Crippen molar-refractivity contribution in [1.82, 2.24) is 10.2 Å². The molecule has 0 saturated heterocycles.